The van der Waals surface area contributed by atoms with Crippen LogP contribution in [0.1, 0.15) is 55.8 Å². The zero-order chi connectivity index (χ0) is 13.7. The molecule has 0 spiro atoms. The quantitative estimate of drug-likeness (QED) is 0.783. The van der Waals surface area contributed by atoms with Crippen LogP contribution in [0.3, 0.4) is 0 Å². The summed E-state index contributed by atoms with van der Waals surface area (Å²) >= 11 is 0. The topological polar surface area (TPSA) is 12.0 Å². The largest absolute Gasteiger partial charge is 0.313 e. The van der Waals surface area contributed by atoms with E-state index >= 15 is 0 Å². The van der Waals surface area contributed by atoms with Gasteiger partial charge in [0.05, 0.1) is 0 Å². The van der Waals surface area contributed by atoms with Gasteiger partial charge in [-0.3, -0.25) is 0 Å². The van der Waals surface area contributed by atoms with Crippen LogP contribution in [0.25, 0.3) is 0 Å². The van der Waals surface area contributed by atoms with Crippen LogP contribution in [0.2, 0.25) is 0 Å². The molecule has 0 aliphatic carbocycles. The Hall–Kier alpha value is -0.890. The Morgan fingerprint density at radius 3 is 2.44 bits per heavy atom. The summed E-state index contributed by atoms with van der Waals surface area (Å²) < 4.78 is 14.2. The second kappa shape index (κ2) is 6.89. The molecule has 0 radical (unpaired) electrons. The van der Waals surface area contributed by atoms with Crippen LogP contribution in [0.4, 0.5) is 4.39 Å². The molecule has 0 aromatic heterocycles. The highest BCUT2D eigenvalue weighted by Crippen LogP contribution is 2.30. The van der Waals surface area contributed by atoms with Crippen molar-refractivity contribution in [2.75, 3.05) is 7.05 Å². The summed E-state index contributed by atoms with van der Waals surface area (Å²) in [5, 5.41) is 3.29. The Morgan fingerprint density at radius 1 is 1.28 bits per heavy atom. The smallest absolute Gasteiger partial charge is 0.128 e. The Morgan fingerprint density at radius 2 is 1.94 bits per heavy atom. The van der Waals surface area contributed by atoms with Gasteiger partial charge in [-0.2, -0.15) is 0 Å². The van der Waals surface area contributed by atoms with Gasteiger partial charge in [0.2, 0.25) is 0 Å². The van der Waals surface area contributed by atoms with Crippen molar-refractivity contribution >= 4 is 0 Å². The van der Waals surface area contributed by atoms with E-state index in [0.717, 1.165) is 23.1 Å². The van der Waals surface area contributed by atoms with E-state index in [0.29, 0.717) is 5.92 Å². The normalized spacial score (nSPS) is 14.6. The third kappa shape index (κ3) is 3.55. The molecule has 1 aromatic carbocycles. The monoisotopic (exact) mass is 251 g/mol. The number of halogens is 1. The van der Waals surface area contributed by atoms with E-state index in [1.165, 1.54) is 12.8 Å². The molecule has 0 fully saturated rings. The molecular weight excluding hydrogens is 225 g/mol. The van der Waals surface area contributed by atoms with Crippen LogP contribution in [0.5, 0.6) is 0 Å². The molecule has 1 rings (SSSR count). The molecule has 0 aliphatic rings. The van der Waals surface area contributed by atoms with Crippen LogP contribution in [0.15, 0.2) is 12.1 Å². The lowest BCUT2D eigenvalue weighted by Crippen LogP contribution is -2.25. The van der Waals surface area contributed by atoms with E-state index in [-0.39, 0.29) is 11.9 Å². The minimum Gasteiger partial charge on any atom is -0.313 e. The summed E-state index contributed by atoms with van der Waals surface area (Å²) in [5.41, 5.74) is 2.88. The van der Waals surface area contributed by atoms with Crippen LogP contribution >= 0.6 is 0 Å². The fourth-order valence-corrected chi connectivity index (χ4v) is 2.73. The Balaban J connectivity index is 3.01. The van der Waals surface area contributed by atoms with Crippen LogP contribution < -0.4 is 5.32 Å². The lowest BCUT2D eigenvalue weighted by molar-refractivity contribution is 0.365. The van der Waals surface area contributed by atoms with Crippen molar-refractivity contribution in [1.82, 2.24) is 5.32 Å². The van der Waals surface area contributed by atoms with Gasteiger partial charge in [0.1, 0.15) is 5.82 Å². The molecule has 2 unspecified atom stereocenters. The molecule has 0 heterocycles. The van der Waals surface area contributed by atoms with E-state index < -0.39 is 0 Å². The predicted octanol–water partition coefficient (Wildman–Crippen LogP) is 4.53. The van der Waals surface area contributed by atoms with Gasteiger partial charge >= 0.3 is 0 Å². The molecule has 1 aromatic rings. The summed E-state index contributed by atoms with van der Waals surface area (Å²) in [4.78, 5) is 0. The van der Waals surface area contributed by atoms with Gasteiger partial charge in [0.25, 0.3) is 0 Å². The second-order valence-corrected chi connectivity index (χ2v) is 5.36. The van der Waals surface area contributed by atoms with E-state index in [1.807, 2.05) is 20.9 Å². The van der Waals surface area contributed by atoms with Crippen molar-refractivity contribution in [1.29, 1.82) is 0 Å². The van der Waals surface area contributed by atoms with E-state index in [2.05, 4.69) is 25.2 Å². The van der Waals surface area contributed by atoms with Gasteiger partial charge < -0.3 is 5.32 Å². The van der Waals surface area contributed by atoms with Gasteiger partial charge in [0, 0.05) is 11.6 Å². The summed E-state index contributed by atoms with van der Waals surface area (Å²) in [6, 6.07) is 3.81. The number of nitrogens with one attached hydrogen (secondary N) is 1. The summed E-state index contributed by atoms with van der Waals surface area (Å²) in [6.45, 7) is 8.34. The van der Waals surface area contributed by atoms with E-state index in [1.54, 1.807) is 6.07 Å². The Labute approximate surface area is 111 Å². The maximum atomic E-state index is 14.2. The van der Waals surface area contributed by atoms with Crippen LogP contribution in [-0.2, 0) is 0 Å². The number of hydrogen-bond donors (Lipinski definition) is 1. The van der Waals surface area contributed by atoms with Gasteiger partial charge in [-0.05, 0) is 50.4 Å². The SMILES string of the molecule is CCCCC(C)C(NC)c1c(C)cc(C)cc1F. The lowest BCUT2D eigenvalue weighted by Gasteiger charge is -2.26. The third-order valence-electron chi connectivity index (χ3n) is 3.68. The molecule has 2 heteroatoms. The molecule has 0 bridgehead atoms. The Bertz CT molecular complexity index is 364. The van der Waals surface area contributed by atoms with Crippen molar-refractivity contribution in [3.8, 4) is 0 Å². The average molecular weight is 251 g/mol. The number of rotatable bonds is 6. The highest BCUT2D eigenvalue weighted by molar-refractivity contribution is 5.34. The summed E-state index contributed by atoms with van der Waals surface area (Å²) in [5.74, 6) is 0.376. The molecule has 2 atom stereocenters. The van der Waals surface area contributed by atoms with Crippen molar-refractivity contribution in [2.24, 2.45) is 5.92 Å². The van der Waals surface area contributed by atoms with Crippen LogP contribution in [-0.4, -0.2) is 7.05 Å². The maximum absolute atomic E-state index is 14.2. The molecular formula is C16H26FN. The first-order chi connectivity index (χ1) is 8.51. The first-order valence-electron chi connectivity index (χ1n) is 6.95. The van der Waals surface area contributed by atoms with Crippen LogP contribution in [0, 0.1) is 25.6 Å². The fraction of sp³-hybridized carbons (Fsp3) is 0.625. The average Bonchev–Trinajstić information content (AvgIpc) is 2.30. The second-order valence-electron chi connectivity index (χ2n) is 5.36. The first kappa shape index (κ1) is 15.2. The van der Waals surface area contributed by atoms with Crippen molar-refractivity contribution in [2.45, 2.75) is 53.0 Å². The van der Waals surface area contributed by atoms with Gasteiger partial charge in [-0.15, -0.1) is 0 Å². The molecule has 0 saturated heterocycles. The highest BCUT2D eigenvalue weighted by Gasteiger charge is 2.22. The first-order valence-corrected chi connectivity index (χ1v) is 6.95. The van der Waals surface area contributed by atoms with E-state index in [4.69, 9.17) is 0 Å². The third-order valence-corrected chi connectivity index (χ3v) is 3.68. The number of hydrogen-bond acceptors (Lipinski definition) is 1. The van der Waals surface area contributed by atoms with E-state index in [9.17, 15) is 4.39 Å². The van der Waals surface area contributed by atoms with Crippen molar-refractivity contribution in [3.05, 3.63) is 34.6 Å². The number of aryl methyl sites for hydroxylation is 2. The molecule has 1 N–H and O–H groups in total. The number of benzene rings is 1. The highest BCUT2D eigenvalue weighted by atomic mass is 19.1. The maximum Gasteiger partial charge on any atom is 0.128 e. The molecule has 102 valence electrons. The molecule has 1 nitrogen and oxygen atoms in total. The fourth-order valence-electron chi connectivity index (χ4n) is 2.73. The lowest BCUT2D eigenvalue weighted by atomic mass is 9.87. The van der Waals surface area contributed by atoms with Gasteiger partial charge in [-0.25, -0.2) is 4.39 Å². The minimum absolute atomic E-state index is 0.0739. The van der Waals surface area contributed by atoms with Gasteiger partial charge in [0.15, 0.2) is 0 Å². The minimum atomic E-state index is -0.0739. The number of unbranched alkanes of at least 4 members (excludes halogenated alkanes) is 1. The zero-order valence-electron chi connectivity index (χ0n) is 12.3. The van der Waals surface area contributed by atoms with Crippen molar-refractivity contribution in [3.63, 3.8) is 0 Å². The zero-order valence-corrected chi connectivity index (χ0v) is 12.3. The molecule has 0 aliphatic heterocycles. The molecule has 0 saturated carbocycles. The van der Waals surface area contributed by atoms with Crippen molar-refractivity contribution < 1.29 is 4.39 Å². The van der Waals surface area contributed by atoms with Gasteiger partial charge in [-0.1, -0.05) is 32.8 Å². The molecule has 18 heavy (non-hydrogen) atoms. The Kier molecular flexibility index (Phi) is 5.80. The molecule has 0 amide bonds. The summed E-state index contributed by atoms with van der Waals surface area (Å²) in [6.07, 6.45) is 3.52. The summed E-state index contributed by atoms with van der Waals surface area (Å²) in [7, 11) is 1.92. The predicted molar refractivity (Wildman–Crippen MR) is 76.4 cm³/mol. The standard InChI is InChI=1S/C16H26FN/c1-6-7-8-12(3)16(18-5)15-13(4)9-11(2)10-14(15)17/h9-10,12,16,18H,6-8H2,1-5H3.